The van der Waals surface area contributed by atoms with Gasteiger partial charge in [-0.1, -0.05) is 54.1 Å². The summed E-state index contributed by atoms with van der Waals surface area (Å²) in [6, 6.07) is 24.6. The molecule has 0 radical (unpaired) electrons. The minimum absolute atomic E-state index is 0.113. The second-order valence-corrected chi connectivity index (χ2v) is 9.53. The predicted octanol–water partition coefficient (Wildman–Crippen LogP) is 6.31. The molecule has 1 N–H and O–H groups in total. The maximum absolute atomic E-state index is 12.6. The molecule has 0 saturated heterocycles. The number of hydrogen-bond donors (Lipinski definition) is 1. The summed E-state index contributed by atoms with van der Waals surface area (Å²) >= 11 is 4.71. The van der Waals surface area contributed by atoms with Gasteiger partial charge < -0.3 is 5.32 Å². The minimum atomic E-state index is -0.113. The molecule has 3 heterocycles. The third kappa shape index (κ3) is 5.94. The summed E-state index contributed by atoms with van der Waals surface area (Å²) in [7, 11) is 0. The summed E-state index contributed by atoms with van der Waals surface area (Å²) < 4.78 is 2.37. The van der Waals surface area contributed by atoms with Gasteiger partial charge in [0, 0.05) is 22.9 Å². The van der Waals surface area contributed by atoms with Crippen molar-refractivity contribution in [2.75, 3.05) is 11.1 Å². The molecule has 0 unspecified atom stereocenters. The molecule has 0 atom stereocenters. The molecule has 3 aromatic heterocycles. The number of benzene rings is 2. The molecule has 2 aromatic carbocycles. The van der Waals surface area contributed by atoms with Crippen LogP contribution in [0.25, 0.3) is 23.1 Å². The highest BCUT2D eigenvalue weighted by Gasteiger charge is 2.13. The highest BCUT2D eigenvalue weighted by Crippen LogP contribution is 2.26. The van der Waals surface area contributed by atoms with Crippen LogP contribution in [0.3, 0.4) is 0 Å². The van der Waals surface area contributed by atoms with Crippen LogP contribution in [0.4, 0.5) is 11.5 Å². The Labute approximate surface area is 226 Å². The van der Waals surface area contributed by atoms with Crippen LogP contribution >= 0.6 is 27.7 Å². The molecule has 0 aliphatic heterocycles. The number of nitrogens with one attached hydrogen (secondary N) is 1. The number of fused-ring (bicyclic) bond motifs is 1. The standard InChI is InChI=1S/C28H19BrN6OS/c1-2-17-37-28-33-27-32-23(19-7-4-3-5-8-19)18-26(35(27)34-28)31-22-13-11-20(12-14-22)24(36)16-15-21-9-6-10-25(29)30-21/h1,3-16,18,31H,17H2/b16-15+. The van der Waals surface area contributed by atoms with Gasteiger partial charge in [0.2, 0.25) is 5.16 Å². The van der Waals surface area contributed by atoms with Crippen molar-refractivity contribution in [3.63, 3.8) is 0 Å². The lowest BCUT2D eigenvalue weighted by atomic mass is 10.1. The number of allylic oxidation sites excluding steroid dienone is 1. The van der Waals surface area contributed by atoms with E-state index in [2.05, 4.69) is 47.2 Å². The third-order valence-electron chi connectivity index (χ3n) is 5.23. The molecule has 0 aliphatic carbocycles. The van der Waals surface area contributed by atoms with E-state index in [0.717, 1.165) is 16.9 Å². The van der Waals surface area contributed by atoms with E-state index in [4.69, 9.17) is 6.42 Å². The Morgan fingerprint density at radius 2 is 1.84 bits per heavy atom. The van der Waals surface area contributed by atoms with E-state index in [-0.39, 0.29) is 5.78 Å². The number of aromatic nitrogens is 5. The molecule has 9 heteroatoms. The normalized spacial score (nSPS) is 11.0. The zero-order valence-electron chi connectivity index (χ0n) is 19.4. The molecule has 5 rings (SSSR count). The number of pyridine rings is 1. The Morgan fingerprint density at radius 3 is 2.59 bits per heavy atom. The minimum Gasteiger partial charge on any atom is -0.340 e. The number of carbonyl (C=O) groups is 1. The van der Waals surface area contributed by atoms with E-state index >= 15 is 0 Å². The summed E-state index contributed by atoms with van der Waals surface area (Å²) in [4.78, 5) is 26.2. The topological polar surface area (TPSA) is 85.1 Å². The molecule has 0 saturated carbocycles. The van der Waals surface area contributed by atoms with Crippen LogP contribution in [0.1, 0.15) is 16.1 Å². The maximum Gasteiger partial charge on any atom is 0.255 e. The Bertz CT molecular complexity index is 1640. The van der Waals surface area contributed by atoms with Crippen molar-refractivity contribution in [1.82, 2.24) is 24.6 Å². The fraction of sp³-hybridized carbons (Fsp3) is 0.0357. The second-order valence-electron chi connectivity index (χ2n) is 7.78. The molecule has 0 fully saturated rings. The number of terminal acetylenes is 1. The highest BCUT2D eigenvalue weighted by atomic mass is 79.9. The largest absolute Gasteiger partial charge is 0.340 e. The van der Waals surface area contributed by atoms with Gasteiger partial charge in [-0.15, -0.1) is 11.5 Å². The smallest absolute Gasteiger partial charge is 0.255 e. The van der Waals surface area contributed by atoms with Gasteiger partial charge in [0.25, 0.3) is 5.78 Å². The third-order valence-corrected chi connectivity index (χ3v) is 6.41. The first-order valence-electron chi connectivity index (χ1n) is 11.2. The van der Waals surface area contributed by atoms with Crippen molar-refractivity contribution in [3.05, 3.63) is 101 Å². The number of thioether (sulfide) groups is 1. The van der Waals surface area contributed by atoms with E-state index in [1.807, 2.05) is 66.7 Å². The average molecular weight is 567 g/mol. The first kappa shape index (κ1) is 24.4. The summed E-state index contributed by atoms with van der Waals surface area (Å²) in [6.07, 6.45) is 8.60. The van der Waals surface area contributed by atoms with Crippen LogP contribution in [-0.4, -0.2) is 36.1 Å². The molecular formula is C28H19BrN6OS. The van der Waals surface area contributed by atoms with Crippen LogP contribution in [0.5, 0.6) is 0 Å². The van der Waals surface area contributed by atoms with E-state index in [9.17, 15) is 4.79 Å². The van der Waals surface area contributed by atoms with Crippen molar-refractivity contribution < 1.29 is 4.79 Å². The zero-order chi connectivity index (χ0) is 25.6. The van der Waals surface area contributed by atoms with Crippen molar-refractivity contribution in [2.24, 2.45) is 0 Å². The average Bonchev–Trinajstić information content (AvgIpc) is 3.35. The van der Waals surface area contributed by atoms with Crippen LogP contribution in [0.2, 0.25) is 0 Å². The van der Waals surface area contributed by atoms with Gasteiger partial charge in [-0.2, -0.15) is 9.50 Å². The summed E-state index contributed by atoms with van der Waals surface area (Å²) in [5, 5.41) is 8.49. The molecule has 0 spiro atoms. The highest BCUT2D eigenvalue weighted by molar-refractivity contribution is 9.10. The second kappa shape index (κ2) is 11.2. The first-order chi connectivity index (χ1) is 18.1. The number of ketones is 1. The Kier molecular flexibility index (Phi) is 7.40. The molecule has 7 nitrogen and oxygen atoms in total. The van der Waals surface area contributed by atoms with Crippen LogP contribution in [0, 0.1) is 12.3 Å². The lowest BCUT2D eigenvalue weighted by Crippen LogP contribution is -2.03. The number of rotatable bonds is 8. The molecule has 180 valence electrons. The van der Waals surface area contributed by atoms with E-state index in [0.29, 0.717) is 38.4 Å². The van der Waals surface area contributed by atoms with Crippen molar-refractivity contribution in [3.8, 4) is 23.6 Å². The molecule has 0 bridgehead atoms. The fourth-order valence-corrected chi connectivity index (χ4v) is 4.36. The summed E-state index contributed by atoms with van der Waals surface area (Å²) in [5.41, 5.74) is 3.77. The fourth-order valence-electron chi connectivity index (χ4n) is 3.50. The maximum atomic E-state index is 12.6. The van der Waals surface area contributed by atoms with Crippen LogP contribution in [0.15, 0.2) is 94.7 Å². The molecule has 5 aromatic rings. The number of carbonyl (C=O) groups excluding carboxylic acids is 1. The monoisotopic (exact) mass is 566 g/mol. The first-order valence-corrected chi connectivity index (χ1v) is 13.0. The van der Waals surface area contributed by atoms with Gasteiger partial charge in [0.05, 0.1) is 17.1 Å². The zero-order valence-corrected chi connectivity index (χ0v) is 21.8. The van der Waals surface area contributed by atoms with Gasteiger partial charge in [-0.05, 0) is 64.5 Å². The number of halogens is 1. The Hall–Kier alpha value is -4.26. The lowest BCUT2D eigenvalue weighted by Gasteiger charge is -2.10. The Morgan fingerprint density at radius 1 is 1.03 bits per heavy atom. The summed E-state index contributed by atoms with van der Waals surface area (Å²) in [6.45, 7) is 0. The quantitative estimate of drug-likeness (QED) is 0.0773. The molecule has 0 aliphatic rings. The lowest BCUT2D eigenvalue weighted by molar-refractivity contribution is 0.104. The van der Waals surface area contributed by atoms with Crippen LogP contribution in [-0.2, 0) is 0 Å². The van der Waals surface area contributed by atoms with Gasteiger partial charge in [-0.3, -0.25) is 4.79 Å². The van der Waals surface area contributed by atoms with Crippen molar-refractivity contribution >= 4 is 56.8 Å². The predicted molar refractivity (Wildman–Crippen MR) is 151 cm³/mol. The molecule has 37 heavy (non-hydrogen) atoms. The van der Waals surface area contributed by atoms with Crippen molar-refractivity contribution in [1.29, 1.82) is 0 Å². The van der Waals surface area contributed by atoms with E-state index in [1.165, 1.54) is 17.8 Å². The van der Waals surface area contributed by atoms with Gasteiger partial charge in [-0.25, -0.2) is 9.97 Å². The van der Waals surface area contributed by atoms with E-state index < -0.39 is 0 Å². The summed E-state index contributed by atoms with van der Waals surface area (Å²) in [5.74, 6) is 4.08. The number of nitrogens with zero attached hydrogens (tertiary/aromatic N) is 5. The SMILES string of the molecule is C#CCSc1nc2nc(-c3ccccc3)cc(Nc3ccc(C(=O)/C=C/c4cccc(Br)n4)cc3)n2n1. The van der Waals surface area contributed by atoms with Crippen LogP contribution < -0.4 is 5.32 Å². The number of hydrogen-bond acceptors (Lipinski definition) is 7. The van der Waals surface area contributed by atoms with Crippen molar-refractivity contribution in [2.45, 2.75) is 5.16 Å². The Balaban J connectivity index is 1.41. The molecule has 0 amide bonds. The van der Waals surface area contributed by atoms with Gasteiger partial charge in [0.1, 0.15) is 10.4 Å². The van der Waals surface area contributed by atoms with E-state index in [1.54, 1.807) is 22.7 Å². The molecular weight excluding hydrogens is 548 g/mol. The number of anilines is 2. The van der Waals surface area contributed by atoms with Gasteiger partial charge in [0.15, 0.2) is 5.78 Å². The van der Waals surface area contributed by atoms with Gasteiger partial charge >= 0.3 is 0 Å².